The molecule has 0 saturated heterocycles. The molecule has 184 valence electrons. The van der Waals surface area contributed by atoms with Crippen molar-refractivity contribution in [3.63, 3.8) is 0 Å². The van der Waals surface area contributed by atoms with E-state index < -0.39 is 23.5 Å². The van der Waals surface area contributed by atoms with E-state index in [0.29, 0.717) is 35.6 Å². The molecule has 1 aliphatic carbocycles. The van der Waals surface area contributed by atoms with Crippen LogP contribution in [0.3, 0.4) is 0 Å². The van der Waals surface area contributed by atoms with Crippen molar-refractivity contribution >= 4 is 11.7 Å². The lowest BCUT2D eigenvalue weighted by molar-refractivity contribution is -0.137. The average Bonchev–Trinajstić information content (AvgIpc) is 3.59. The highest BCUT2D eigenvalue weighted by atomic mass is 19.4. The smallest absolute Gasteiger partial charge is 0.310 e. The summed E-state index contributed by atoms with van der Waals surface area (Å²) >= 11 is 0. The van der Waals surface area contributed by atoms with E-state index in [1.165, 1.54) is 12.1 Å². The summed E-state index contributed by atoms with van der Waals surface area (Å²) in [4.78, 5) is 24.6. The molecule has 0 atom stereocenters. The third-order valence-corrected chi connectivity index (χ3v) is 5.74. The van der Waals surface area contributed by atoms with Crippen LogP contribution in [-0.2, 0) is 23.8 Å². The van der Waals surface area contributed by atoms with Gasteiger partial charge < -0.3 is 5.32 Å². The van der Waals surface area contributed by atoms with Crippen molar-refractivity contribution in [2.75, 3.05) is 5.32 Å². The van der Waals surface area contributed by atoms with Gasteiger partial charge in [0.15, 0.2) is 0 Å². The van der Waals surface area contributed by atoms with Gasteiger partial charge in [-0.2, -0.15) is 18.3 Å². The number of amides is 1. The highest BCUT2D eigenvalue weighted by Crippen LogP contribution is 2.34. The minimum Gasteiger partial charge on any atom is -0.310 e. The van der Waals surface area contributed by atoms with Crippen LogP contribution in [0.5, 0.6) is 0 Å². The van der Waals surface area contributed by atoms with E-state index in [9.17, 15) is 22.4 Å². The predicted molar refractivity (Wildman–Crippen MR) is 122 cm³/mol. The number of nitrogens with zero attached hydrogens (tertiary/aromatic N) is 5. The van der Waals surface area contributed by atoms with E-state index in [1.807, 2.05) is 17.1 Å². The van der Waals surface area contributed by atoms with Crippen molar-refractivity contribution in [3.05, 3.63) is 89.6 Å². The van der Waals surface area contributed by atoms with E-state index in [1.54, 1.807) is 18.5 Å². The van der Waals surface area contributed by atoms with Gasteiger partial charge in [0.2, 0.25) is 5.91 Å². The van der Waals surface area contributed by atoms with Gasteiger partial charge in [-0.05, 0) is 47.7 Å². The summed E-state index contributed by atoms with van der Waals surface area (Å²) in [5, 5.41) is 6.73. The van der Waals surface area contributed by atoms with Crippen LogP contribution in [0.25, 0.3) is 11.1 Å². The number of alkyl halides is 3. The van der Waals surface area contributed by atoms with E-state index in [2.05, 4.69) is 25.4 Å². The van der Waals surface area contributed by atoms with Crippen LogP contribution in [0.15, 0.2) is 61.3 Å². The quantitative estimate of drug-likeness (QED) is 0.364. The van der Waals surface area contributed by atoms with Crippen molar-refractivity contribution in [2.24, 2.45) is 0 Å². The maximum absolute atomic E-state index is 14.7. The summed E-state index contributed by atoms with van der Waals surface area (Å²) in [6, 6.07) is 6.78. The largest absolute Gasteiger partial charge is 0.417 e. The Bertz CT molecular complexity index is 1380. The third kappa shape index (κ3) is 5.56. The second-order valence-electron chi connectivity index (χ2n) is 8.59. The topological polar surface area (TPSA) is 85.6 Å². The monoisotopic (exact) mass is 496 g/mol. The Balaban J connectivity index is 1.20. The number of anilines is 1. The summed E-state index contributed by atoms with van der Waals surface area (Å²) < 4.78 is 54.5. The maximum Gasteiger partial charge on any atom is 0.417 e. The van der Waals surface area contributed by atoms with Gasteiger partial charge in [-0.3, -0.25) is 9.48 Å². The molecule has 0 spiro atoms. The molecule has 7 nitrogen and oxygen atoms in total. The normalized spacial score (nSPS) is 13.6. The summed E-state index contributed by atoms with van der Waals surface area (Å²) in [6.45, 7) is 0. The predicted octanol–water partition coefficient (Wildman–Crippen LogP) is 5.00. The van der Waals surface area contributed by atoms with Crippen molar-refractivity contribution < 1.29 is 22.4 Å². The molecule has 1 aromatic carbocycles. The fourth-order valence-electron chi connectivity index (χ4n) is 3.65. The van der Waals surface area contributed by atoms with E-state index in [0.717, 1.165) is 30.5 Å². The number of nitrogens with one attached hydrogen (secondary N) is 1. The number of aromatic nitrogens is 5. The number of pyridine rings is 1. The Kier molecular flexibility index (Phi) is 6.21. The molecule has 1 saturated carbocycles. The second-order valence-corrected chi connectivity index (χ2v) is 8.59. The van der Waals surface area contributed by atoms with Crippen LogP contribution in [0.1, 0.15) is 41.4 Å². The van der Waals surface area contributed by atoms with Crippen LogP contribution in [0.4, 0.5) is 23.4 Å². The number of carbonyl (C=O) groups excluding carboxylic acids is 1. The first-order valence-corrected chi connectivity index (χ1v) is 11.2. The molecule has 1 aliphatic rings. The molecular weight excluding hydrogens is 476 g/mol. The second kappa shape index (κ2) is 9.48. The zero-order valence-electron chi connectivity index (χ0n) is 18.8. The minimum atomic E-state index is -4.52. The molecule has 0 bridgehead atoms. The molecule has 0 aliphatic heterocycles. The van der Waals surface area contributed by atoms with Crippen molar-refractivity contribution in [2.45, 2.75) is 37.9 Å². The van der Waals surface area contributed by atoms with Gasteiger partial charge in [0.05, 0.1) is 24.2 Å². The highest BCUT2D eigenvalue weighted by Gasteiger charge is 2.30. The fourth-order valence-corrected chi connectivity index (χ4v) is 3.65. The Morgan fingerprint density at radius 2 is 1.78 bits per heavy atom. The Morgan fingerprint density at radius 1 is 1.00 bits per heavy atom. The Morgan fingerprint density at radius 3 is 2.42 bits per heavy atom. The van der Waals surface area contributed by atoms with Gasteiger partial charge >= 0.3 is 6.18 Å². The molecule has 3 aromatic heterocycles. The van der Waals surface area contributed by atoms with Gasteiger partial charge in [0.1, 0.15) is 17.5 Å². The zero-order valence-corrected chi connectivity index (χ0v) is 18.8. The minimum absolute atomic E-state index is 0.0536. The molecule has 1 amide bonds. The summed E-state index contributed by atoms with van der Waals surface area (Å²) in [6.07, 6.45) is 5.70. The van der Waals surface area contributed by atoms with E-state index >= 15 is 0 Å². The maximum atomic E-state index is 14.7. The van der Waals surface area contributed by atoms with Gasteiger partial charge in [0.25, 0.3) is 0 Å². The molecule has 5 rings (SSSR count). The number of hydrogen-bond acceptors (Lipinski definition) is 5. The average molecular weight is 496 g/mol. The summed E-state index contributed by atoms with van der Waals surface area (Å²) in [5.41, 5.74) is 1.40. The first-order chi connectivity index (χ1) is 17.2. The molecule has 0 radical (unpaired) electrons. The summed E-state index contributed by atoms with van der Waals surface area (Å²) in [7, 11) is 0. The first kappa shape index (κ1) is 23.6. The lowest BCUT2D eigenvalue weighted by atomic mass is 10.0. The first-order valence-electron chi connectivity index (χ1n) is 11.2. The van der Waals surface area contributed by atoms with Gasteiger partial charge in [-0.25, -0.2) is 19.3 Å². The van der Waals surface area contributed by atoms with Crippen LogP contribution in [-0.4, -0.2) is 30.6 Å². The van der Waals surface area contributed by atoms with Crippen LogP contribution >= 0.6 is 0 Å². The van der Waals surface area contributed by atoms with Crippen LogP contribution in [0.2, 0.25) is 0 Å². The van der Waals surface area contributed by atoms with Gasteiger partial charge in [-0.15, -0.1) is 0 Å². The number of hydrogen-bond donors (Lipinski definition) is 1. The molecule has 3 heterocycles. The summed E-state index contributed by atoms with van der Waals surface area (Å²) in [5.74, 6) is -0.631. The lowest BCUT2D eigenvalue weighted by Gasteiger charge is -2.09. The molecule has 11 heteroatoms. The Labute approximate surface area is 203 Å². The van der Waals surface area contributed by atoms with Gasteiger partial charge in [-0.1, -0.05) is 12.1 Å². The van der Waals surface area contributed by atoms with Crippen molar-refractivity contribution in [3.8, 4) is 11.1 Å². The molecule has 36 heavy (non-hydrogen) atoms. The molecule has 1 fully saturated rings. The molecule has 0 unspecified atom stereocenters. The zero-order chi connectivity index (χ0) is 25.3. The number of benzene rings is 1. The third-order valence-electron chi connectivity index (χ3n) is 5.74. The fraction of sp³-hybridized carbons (Fsp3) is 0.240. The molecular formula is C25H20F4N6O. The Hall–Kier alpha value is -4.15. The van der Waals surface area contributed by atoms with Crippen molar-refractivity contribution in [1.82, 2.24) is 24.7 Å². The number of carbonyl (C=O) groups is 1. The van der Waals surface area contributed by atoms with E-state index in [-0.39, 0.29) is 17.8 Å². The highest BCUT2D eigenvalue weighted by molar-refractivity contribution is 5.91. The standard InChI is InChI=1S/C25H20F4N6O/c26-21-8-16(18-11-30-23(31-12-18)7-15-10-33-35(14-15)20-4-5-20)1-2-17(21)9-24(36)34-22-6-3-19(13-32-22)25(27,28)29/h1-3,6,8,10-14,20H,4-5,7,9H2,(H,32,34,36). The van der Waals surface area contributed by atoms with Crippen LogP contribution in [0, 0.1) is 5.82 Å². The van der Waals surface area contributed by atoms with Crippen molar-refractivity contribution in [1.29, 1.82) is 0 Å². The van der Waals surface area contributed by atoms with Crippen LogP contribution < -0.4 is 5.32 Å². The number of halogens is 4. The van der Waals surface area contributed by atoms with Gasteiger partial charge in [0, 0.05) is 36.8 Å². The number of rotatable bonds is 7. The lowest BCUT2D eigenvalue weighted by Crippen LogP contribution is -2.16. The van der Waals surface area contributed by atoms with E-state index in [4.69, 9.17) is 0 Å². The molecule has 1 N–H and O–H groups in total. The molecule has 4 aromatic rings. The SMILES string of the molecule is O=C(Cc1ccc(-c2cnc(Cc3cnn(C4CC4)c3)nc2)cc1F)Nc1ccc(C(F)(F)F)cn1.